The van der Waals surface area contributed by atoms with Gasteiger partial charge in [0.25, 0.3) is 0 Å². The Hall–Kier alpha value is -3.85. The van der Waals surface area contributed by atoms with Crippen molar-refractivity contribution in [2.75, 3.05) is 13.1 Å². The number of halogens is 4. The van der Waals surface area contributed by atoms with Gasteiger partial charge in [0, 0.05) is 42.2 Å². The number of alkyl halides is 3. The number of benzene rings is 2. The molecule has 0 atom stereocenters. The molecule has 10 heteroatoms. The van der Waals surface area contributed by atoms with Crippen molar-refractivity contribution in [2.24, 2.45) is 11.7 Å². The minimum atomic E-state index is -4.45. The molecule has 3 heterocycles. The van der Waals surface area contributed by atoms with E-state index in [-0.39, 0.29) is 24.2 Å². The van der Waals surface area contributed by atoms with E-state index in [0.29, 0.717) is 59.8 Å². The molecule has 1 aliphatic heterocycles. The first-order valence-corrected chi connectivity index (χ1v) is 13.0. The molecule has 2 aromatic heterocycles. The molecule has 0 bridgehead atoms. The van der Waals surface area contributed by atoms with Crippen molar-refractivity contribution in [1.29, 1.82) is 0 Å². The van der Waals surface area contributed by atoms with Crippen molar-refractivity contribution in [3.05, 3.63) is 83.1 Å². The molecule has 1 aliphatic rings. The molecule has 0 radical (unpaired) electrons. The number of rotatable bonds is 6. The normalized spacial score (nSPS) is 14.6. The third-order valence-electron chi connectivity index (χ3n) is 7.18. The van der Waals surface area contributed by atoms with Gasteiger partial charge in [-0.15, -0.1) is 0 Å². The van der Waals surface area contributed by atoms with Crippen molar-refractivity contribution in [3.8, 4) is 22.4 Å². The fourth-order valence-corrected chi connectivity index (χ4v) is 5.14. The van der Waals surface area contributed by atoms with Crippen LogP contribution in [0.15, 0.2) is 66.9 Å². The lowest BCUT2D eigenvalue weighted by Crippen LogP contribution is -2.41. The summed E-state index contributed by atoms with van der Waals surface area (Å²) >= 11 is 6.08. The maximum Gasteiger partial charge on any atom is 0.416 e. The van der Waals surface area contributed by atoms with Crippen LogP contribution in [0.5, 0.6) is 0 Å². The molecule has 39 heavy (non-hydrogen) atoms. The number of piperidine rings is 1. The molecule has 6 nitrogen and oxygen atoms in total. The van der Waals surface area contributed by atoms with Crippen LogP contribution in [0.25, 0.3) is 28.0 Å². The zero-order chi connectivity index (χ0) is 27.7. The minimum absolute atomic E-state index is 0.0380. The van der Waals surface area contributed by atoms with E-state index in [1.54, 1.807) is 41.4 Å². The van der Waals surface area contributed by atoms with Crippen LogP contribution in [0.3, 0.4) is 0 Å². The highest BCUT2D eigenvalue weighted by molar-refractivity contribution is 6.30. The average Bonchev–Trinajstić information content (AvgIpc) is 3.29. The minimum Gasteiger partial charge on any atom is -0.369 e. The number of imidazole rings is 1. The Balaban J connectivity index is 1.48. The van der Waals surface area contributed by atoms with E-state index in [2.05, 4.69) is 0 Å². The van der Waals surface area contributed by atoms with E-state index in [9.17, 15) is 22.8 Å². The maximum absolute atomic E-state index is 13.3. The highest BCUT2D eigenvalue weighted by atomic mass is 35.5. The number of carbonyl (C=O) groups is 2. The van der Waals surface area contributed by atoms with Crippen molar-refractivity contribution < 1.29 is 22.8 Å². The van der Waals surface area contributed by atoms with E-state index >= 15 is 0 Å². The monoisotopic (exact) mass is 554 g/mol. The van der Waals surface area contributed by atoms with E-state index in [0.717, 1.165) is 23.4 Å². The van der Waals surface area contributed by atoms with Crippen LogP contribution >= 0.6 is 11.6 Å². The summed E-state index contributed by atoms with van der Waals surface area (Å²) in [5.74, 6) is -0.584. The second kappa shape index (κ2) is 10.7. The summed E-state index contributed by atoms with van der Waals surface area (Å²) in [5, 5.41) is 0.574. The predicted octanol–water partition coefficient (Wildman–Crippen LogP) is 6.00. The van der Waals surface area contributed by atoms with Crippen LogP contribution in [-0.2, 0) is 22.2 Å². The van der Waals surface area contributed by atoms with Crippen LogP contribution in [0.1, 0.15) is 30.5 Å². The molecule has 0 spiro atoms. The van der Waals surface area contributed by atoms with Gasteiger partial charge in [-0.1, -0.05) is 35.9 Å². The number of nitrogens with zero attached hydrogens (tertiary/aromatic N) is 3. The first-order valence-electron chi connectivity index (χ1n) is 12.6. The van der Waals surface area contributed by atoms with Crippen LogP contribution in [-0.4, -0.2) is 39.2 Å². The van der Waals surface area contributed by atoms with Gasteiger partial charge in [-0.2, -0.15) is 13.2 Å². The van der Waals surface area contributed by atoms with Gasteiger partial charge in [-0.05, 0) is 66.8 Å². The van der Waals surface area contributed by atoms with Gasteiger partial charge in [-0.25, -0.2) is 4.98 Å². The highest BCUT2D eigenvalue weighted by Gasteiger charge is 2.30. The molecule has 2 N–H and O–H groups in total. The second-order valence-corrected chi connectivity index (χ2v) is 10.1. The molecule has 202 valence electrons. The summed E-state index contributed by atoms with van der Waals surface area (Å²) in [4.78, 5) is 31.1. The molecule has 1 saturated heterocycles. The largest absolute Gasteiger partial charge is 0.416 e. The highest BCUT2D eigenvalue weighted by Crippen LogP contribution is 2.33. The lowest BCUT2D eigenvalue weighted by Gasteiger charge is -2.30. The lowest BCUT2D eigenvalue weighted by molar-refractivity contribution is -0.137. The Morgan fingerprint density at radius 1 is 0.974 bits per heavy atom. The van der Waals surface area contributed by atoms with Crippen LogP contribution in [0.4, 0.5) is 13.2 Å². The topological polar surface area (TPSA) is 80.7 Å². The Labute approximate surface area is 228 Å². The second-order valence-electron chi connectivity index (χ2n) is 9.70. The number of aromatic nitrogens is 2. The van der Waals surface area contributed by atoms with Gasteiger partial charge in [0.2, 0.25) is 11.8 Å². The molecule has 2 amide bonds. The Morgan fingerprint density at radius 2 is 1.67 bits per heavy atom. The van der Waals surface area contributed by atoms with Crippen molar-refractivity contribution >= 4 is 29.1 Å². The molecule has 0 aliphatic carbocycles. The van der Waals surface area contributed by atoms with Crippen molar-refractivity contribution in [2.45, 2.75) is 31.9 Å². The van der Waals surface area contributed by atoms with Crippen LogP contribution in [0, 0.1) is 5.92 Å². The number of amides is 2. The first kappa shape index (κ1) is 26.7. The average molecular weight is 555 g/mol. The number of carbonyl (C=O) groups excluding carboxylic acids is 2. The summed E-state index contributed by atoms with van der Waals surface area (Å²) in [6.07, 6.45) is -1.02. The summed E-state index contributed by atoms with van der Waals surface area (Å²) in [6, 6.07) is 15.9. The first-order chi connectivity index (χ1) is 18.6. The number of fused-ring (bicyclic) bond motifs is 1. The van der Waals surface area contributed by atoms with Crippen molar-refractivity contribution in [3.63, 3.8) is 0 Å². The van der Waals surface area contributed by atoms with E-state index < -0.39 is 11.7 Å². The Morgan fingerprint density at radius 3 is 2.33 bits per heavy atom. The van der Waals surface area contributed by atoms with Gasteiger partial charge in [-0.3, -0.25) is 9.59 Å². The smallest absolute Gasteiger partial charge is 0.369 e. The third-order valence-corrected chi connectivity index (χ3v) is 7.44. The van der Waals surface area contributed by atoms with Gasteiger partial charge in [0.1, 0.15) is 5.65 Å². The predicted molar refractivity (Wildman–Crippen MR) is 143 cm³/mol. The summed E-state index contributed by atoms with van der Waals surface area (Å²) in [5.41, 5.74) is 8.57. The number of aryl methyl sites for hydroxylation is 1. The molecule has 1 fully saturated rings. The number of nitrogens with two attached hydrogens (primary N) is 1. The number of primary amides is 1. The van der Waals surface area contributed by atoms with E-state index in [1.807, 2.05) is 16.5 Å². The number of likely N-dealkylation sites (tertiary alicyclic amines) is 1. The third kappa shape index (κ3) is 5.78. The fraction of sp³-hybridized carbons (Fsp3) is 0.276. The van der Waals surface area contributed by atoms with Crippen LogP contribution in [0.2, 0.25) is 5.02 Å². The molecule has 4 aromatic rings. The summed E-state index contributed by atoms with van der Waals surface area (Å²) in [6.45, 7) is 0.951. The van der Waals surface area contributed by atoms with Gasteiger partial charge in [0.15, 0.2) is 0 Å². The quantitative estimate of drug-likeness (QED) is 0.317. The molecule has 0 saturated carbocycles. The summed E-state index contributed by atoms with van der Waals surface area (Å²) < 4.78 is 41.8. The molecule has 5 rings (SSSR count). The summed E-state index contributed by atoms with van der Waals surface area (Å²) in [7, 11) is 0. The number of pyridine rings is 1. The molecule has 2 aromatic carbocycles. The maximum atomic E-state index is 13.3. The lowest BCUT2D eigenvalue weighted by atomic mass is 9.96. The van der Waals surface area contributed by atoms with E-state index in [4.69, 9.17) is 22.3 Å². The van der Waals surface area contributed by atoms with Gasteiger partial charge >= 0.3 is 6.18 Å². The zero-order valence-corrected chi connectivity index (χ0v) is 21.7. The number of hydrogen-bond donors (Lipinski definition) is 1. The van der Waals surface area contributed by atoms with E-state index in [1.165, 1.54) is 6.07 Å². The zero-order valence-electron chi connectivity index (χ0n) is 20.9. The van der Waals surface area contributed by atoms with Crippen LogP contribution < -0.4 is 5.73 Å². The Bertz CT molecular complexity index is 1520. The standard InChI is InChI=1S/C29H26ClF3N4O2/c30-23-7-4-18(5-8-23)27-24(9-11-26(38)36-14-12-19(13-15-36)28(34)39)37-17-21(6-10-25(37)35-27)20-2-1-3-22(16-20)29(31,32)33/h1-8,10,16-17,19H,9,11-15H2,(H2,34,39). The van der Waals surface area contributed by atoms with Crippen molar-refractivity contribution in [1.82, 2.24) is 14.3 Å². The van der Waals surface area contributed by atoms with Gasteiger partial charge < -0.3 is 15.0 Å². The molecule has 0 unspecified atom stereocenters. The Kier molecular flexibility index (Phi) is 7.36. The SMILES string of the molecule is NC(=O)C1CCN(C(=O)CCc2c(-c3ccc(Cl)cc3)nc3ccc(-c4cccc(C(F)(F)F)c4)cn23)CC1. The molecular formula is C29H26ClF3N4O2. The van der Waals surface area contributed by atoms with Gasteiger partial charge in [0.05, 0.1) is 17.0 Å². The molecular weight excluding hydrogens is 529 g/mol. The number of hydrogen-bond acceptors (Lipinski definition) is 3. The fourth-order valence-electron chi connectivity index (χ4n) is 5.01.